The molecule has 0 saturated heterocycles. The van der Waals surface area contributed by atoms with Gasteiger partial charge in [-0.25, -0.2) is 0 Å². The average Bonchev–Trinajstić information content (AvgIpc) is 3.26. The molecule has 2 aromatic rings. The van der Waals surface area contributed by atoms with E-state index in [2.05, 4.69) is 64.2 Å². The van der Waals surface area contributed by atoms with Gasteiger partial charge in [-0.1, -0.05) is 76.7 Å². The van der Waals surface area contributed by atoms with Gasteiger partial charge in [0.1, 0.15) is 12.4 Å². The zero-order valence-corrected chi connectivity index (χ0v) is 26.8. The highest BCUT2D eigenvalue weighted by Gasteiger charge is 2.57. The average molecular weight is 580 g/mol. The molecule has 0 aromatic heterocycles. The number of rotatable bonds is 11. The maximum atomic E-state index is 14.3. The second-order valence-corrected chi connectivity index (χ2v) is 17.4. The summed E-state index contributed by atoms with van der Waals surface area (Å²) in [5.74, 6) is 2.55. The van der Waals surface area contributed by atoms with Crippen LogP contribution in [0.15, 0.2) is 60.2 Å². The maximum Gasteiger partial charge on any atom is 0.270 e. The van der Waals surface area contributed by atoms with E-state index in [0.717, 1.165) is 63.9 Å². The van der Waals surface area contributed by atoms with Gasteiger partial charge in [0.15, 0.2) is 0 Å². The highest BCUT2D eigenvalue weighted by Crippen LogP contribution is 2.66. The number of fused-ring (bicyclic) bond motifs is 5. The Morgan fingerprint density at radius 1 is 1.05 bits per heavy atom. The molecule has 5 heteroatoms. The Morgan fingerprint density at radius 3 is 2.56 bits per heavy atom. The van der Waals surface area contributed by atoms with Gasteiger partial charge in [-0.3, -0.25) is 0 Å². The lowest BCUT2D eigenvalue weighted by molar-refractivity contribution is 0.0436. The van der Waals surface area contributed by atoms with Crippen molar-refractivity contribution in [3.05, 3.63) is 76.9 Å². The lowest BCUT2D eigenvalue weighted by Gasteiger charge is -2.51. The Hall–Kier alpha value is -1.98. The van der Waals surface area contributed by atoms with Crippen LogP contribution in [0.4, 0.5) is 8.78 Å². The SMILES string of the molecule is C[Si](C)C(C)(C)COCCCCC1CC(=C(F)F)[C@@]2(C)CC[C@@H]3c4ccc(OCc5ccccc5)cc4CC[C@H]3[C@H]12. The first-order valence-electron chi connectivity index (χ1n) is 15.8. The van der Waals surface area contributed by atoms with Crippen LogP contribution in [0.5, 0.6) is 5.75 Å². The molecule has 2 fully saturated rings. The van der Waals surface area contributed by atoms with Gasteiger partial charge >= 0.3 is 0 Å². The molecule has 0 spiro atoms. The van der Waals surface area contributed by atoms with Gasteiger partial charge in [0, 0.05) is 18.8 Å². The van der Waals surface area contributed by atoms with E-state index in [4.69, 9.17) is 9.47 Å². The number of halogens is 2. The van der Waals surface area contributed by atoms with Crippen LogP contribution in [0.2, 0.25) is 18.1 Å². The van der Waals surface area contributed by atoms with Crippen molar-refractivity contribution in [2.24, 2.45) is 23.2 Å². The molecule has 0 bridgehead atoms. The van der Waals surface area contributed by atoms with Crippen molar-refractivity contribution in [1.82, 2.24) is 0 Å². The molecule has 3 aliphatic rings. The number of aryl methyl sites for hydroxylation is 1. The zero-order chi connectivity index (χ0) is 29.2. The Bertz CT molecular complexity index is 1210. The van der Waals surface area contributed by atoms with Crippen LogP contribution < -0.4 is 4.74 Å². The standard InChI is InChI=1S/C36H49F2O2Si/c1-35(2,41(4)5)24-39-20-10-9-13-27-22-32(34(37)38)36(3)19-18-30-29-17-15-28(40-23-25-11-7-6-8-12-25)21-26(29)14-16-31(30)33(27)36/h6-8,11-12,15,17,21,27,30-31,33H,9-10,13-14,16,18-20,22-24H2,1-5H3/t27?,30-,31-,33+,36-/m1/s1. The van der Waals surface area contributed by atoms with Crippen LogP contribution >= 0.6 is 0 Å². The summed E-state index contributed by atoms with van der Waals surface area (Å²) < 4.78 is 40.9. The minimum absolute atomic E-state index is 0.277. The van der Waals surface area contributed by atoms with E-state index in [1.807, 2.05) is 18.2 Å². The van der Waals surface area contributed by atoms with Gasteiger partial charge in [0.05, 0.1) is 8.80 Å². The van der Waals surface area contributed by atoms with Crippen molar-refractivity contribution < 1.29 is 18.3 Å². The fraction of sp³-hybridized carbons (Fsp3) is 0.611. The van der Waals surface area contributed by atoms with Gasteiger partial charge in [0.25, 0.3) is 6.08 Å². The van der Waals surface area contributed by atoms with Crippen LogP contribution in [0.1, 0.15) is 88.3 Å². The fourth-order valence-corrected chi connectivity index (χ4v) is 8.53. The molecule has 2 nitrogen and oxygen atoms in total. The molecule has 2 saturated carbocycles. The number of unbranched alkanes of at least 4 members (excludes halogenated alkanes) is 1. The van der Waals surface area contributed by atoms with Crippen LogP contribution in [0.25, 0.3) is 0 Å². The van der Waals surface area contributed by atoms with Crippen molar-refractivity contribution in [2.45, 2.75) is 103 Å². The highest BCUT2D eigenvalue weighted by atomic mass is 28.3. The Labute approximate surface area is 248 Å². The summed E-state index contributed by atoms with van der Waals surface area (Å²) in [5, 5.41) is 0.277. The summed E-state index contributed by atoms with van der Waals surface area (Å²) in [4.78, 5) is 0. The maximum absolute atomic E-state index is 14.3. The van der Waals surface area contributed by atoms with E-state index >= 15 is 0 Å². The van der Waals surface area contributed by atoms with Crippen LogP contribution in [0, 0.1) is 23.2 Å². The second kappa shape index (κ2) is 12.7. The Morgan fingerprint density at radius 2 is 1.83 bits per heavy atom. The van der Waals surface area contributed by atoms with Crippen molar-refractivity contribution >= 4 is 8.80 Å². The molecule has 5 rings (SSSR count). The molecule has 5 atom stereocenters. The number of hydrogen-bond acceptors (Lipinski definition) is 2. The fourth-order valence-electron chi connectivity index (χ4n) is 8.14. The van der Waals surface area contributed by atoms with E-state index in [1.165, 1.54) is 16.7 Å². The monoisotopic (exact) mass is 579 g/mol. The number of ether oxygens (including phenoxy) is 2. The molecule has 223 valence electrons. The number of hydrogen-bond donors (Lipinski definition) is 0. The quantitative estimate of drug-likeness (QED) is 0.195. The minimum atomic E-state index is -1.41. The third kappa shape index (κ3) is 6.51. The van der Waals surface area contributed by atoms with Crippen LogP contribution in [-0.2, 0) is 17.8 Å². The first-order valence-corrected chi connectivity index (χ1v) is 18.3. The molecule has 41 heavy (non-hydrogen) atoms. The van der Waals surface area contributed by atoms with E-state index in [1.54, 1.807) is 0 Å². The van der Waals surface area contributed by atoms with E-state index in [0.29, 0.717) is 42.3 Å². The van der Waals surface area contributed by atoms with Gasteiger partial charge in [0.2, 0.25) is 0 Å². The van der Waals surface area contributed by atoms with Crippen molar-refractivity contribution in [3.8, 4) is 5.75 Å². The van der Waals surface area contributed by atoms with Crippen molar-refractivity contribution in [1.29, 1.82) is 0 Å². The third-order valence-electron chi connectivity index (χ3n) is 11.0. The Kier molecular flexibility index (Phi) is 9.45. The van der Waals surface area contributed by atoms with E-state index in [-0.39, 0.29) is 10.5 Å². The van der Waals surface area contributed by atoms with Crippen LogP contribution in [0.3, 0.4) is 0 Å². The molecule has 1 radical (unpaired) electrons. The second-order valence-electron chi connectivity index (χ2n) is 14.1. The van der Waals surface area contributed by atoms with Crippen LogP contribution in [-0.4, -0.2) is 22.0 Å². The smallest absolute Gasteiger partial charge is 0.270 e. The Balaban J connectivity index is 1.25. The predicted octanol–water partition coefficient (Wildman–Crippen LogP) is 10.2. The zero-order valence-electron chi connectivity index (χ0n) is 25.8. The normalized spacial score (nSPS) is 27.4. The molecular formula is C36H49F2O2Si. The topological polar surface area (TPSA) is 18.5 Å². The number of allylic oxidation sites excluding steroid dienone is 1. The van der Waals surface area contributed by atoms with Gasteiger partial charge in [-0.2, -0.15) is 8.78 Å². The first kappa shape index (κ1) is 30.5. The lowest BCUT2D eigenvalue weighted by atomic mass is 9.53. The molecule has 1 unspecified atom stereocenters. The van der Waals surface area contributed by atoms with Gasteiger partial charge in [-0.05, 0) is 108 Å². The van der Waals surface area contributed by atoms with Crippen molar-refractivity contribution in [3.63, 3.8) is 0 Å². The summed E-state index contributed by atoms with van der Waals surface area (Å²) in [5.41, 5.74) is 4.12. The molecule has 2 aromatic carbocycles. The van der Waals surface area contributed by atoms with Gasteiger partial charge in [-0.15, -0.1) is 0 Å². The lowest BCUT2D eigenvalue weighted by Crippen LogP contribution is -2.42. The summed E-state index contributed by atoms with van der Waals surface area (Å²) in [6.45, 7) is 13.6. The third-order valence-corrected chi connectivity index (χ3v) is 13.9. The largest absolute Gasteiger partial charge is 0.489 e. The molecule has 0 N–H and O–H groups in total. The van der Waals surface area contributed by atoms with Crippen molar-refractivity contribution in [2.75, 3.05) is 13.2 Å². The molecule has 0 amide bonds. The predicted molar refractivity (Wildman–Crippen MR) is 166 cm³/mol. The molecule has 3 aliphatic carbocycles. The molecule has 0 aliphatic heterocycles. The summed E-state index contributed by atoms with van der Waals surface area (Å²) >= 11 is 0. The van der Waals surface area contributed by atoms with E-state index in [9.17, 15) is 8.78 Å². The summed E-state index contributed by atoms with van der Waals surface area (Å²) in [7, 11) is -0.407. The van der Waals surface area contributed by atoms with Gasteiger partial charge < -0.3 is 9.47 Å². The molecule has 0 heterocycles. The number of benzene rings is 2. The summed E-state index contributed by atoms with van der Waals surface area (Å²) in [6.07, 6.45) is 6.25. The molecular weight excluding hydrogens is 530 g/mol. The highest BCUT2D eigenvalue weighted by molar-refractivity contribution is 6.59. The van der Waals surface area contributed by atoms with E-state index < -0.39 is 14.9 Å². The first-order chi connectivity index (χ1) is 19.6. The minimum Gasteiger partial charge on any atom is -0.489 e. The summed E-state index contributed by atoms with van der Waals surface area (Å²) in [6, 6.07) is 16.9.